The van der Waals surface area contributed by atoms with Gasteiger partial charge in [-0.05, 0) is 19.1 Å². The van der Waals surface area contributed by atoms with Gasteiger partial charge in [0.1, 0.15) is 6.10 Å². The number of ether oxygens (including phenoxy) is 1. The summed E-state index contributed by atoms with van der Waals surface area (Å²) in [6.07, 6.45) is 42.7. The molecule has 0 radical (unpaired) electrons. The van der Waals surface area contributed by atoms with Crippen LogP contribution in [0.25, 0.3) is 0 Å². The first-order valence-corrected chi connectivity index (χ1v) is 28.0. The third-order valence-electron chi connectivity index (χ3n) is 11.1. The van der Waals surface area contributed by atoms with E-state index in [-0.39, 0.29) is 51.3 Å². The van der Waals surface area contributed by atoms with Crippen molar-refractivity contribution in [3.63, 3.8) is 0 Å². The first kappa shape index (κ1) is 60.2. The maximum absolute atomic E-state index is 12.8. The van der Waals surface area contributed by atoms with Gasteiger partial charge in [-0.1, -0.05) is 194 Å². The Bertz CT molecular complexity index is 1030. The van der Waals surface area contributed by atoms with Gasteiger partial charge in [0, 0.05) is 47.3 Å². The Morgan fingerprint density at radius 2 is 0.770 bits per heavy atom. The second-order valence-corrected chi connectivity index (χ2v) is 20.6. The second kappa shape index (κ2) is 44.4. The third kappa shape index (κ3) is 40.4. The number of phosphoric ester groups is 1. The van der Waals surface area contributed by atoms with Crippen LogP contribution in [0.5, 0.6) is 0 Å². The van der Waals surface area contributed by atoms with Crippen molar-refractivity contribution in [2.45, 2.75) is 225 Å². The molecule has 0 aromatic carbocycles. The van der Waals surface area contributed by atoms with Gasteiger partial charge in [0.2, 0.25) is 11.8 Å². The molecule has 12 nitrogen and oxygen atoms in total. The largest absolute Gasteiger partial charge is 0.474 e. The number of carbonyl (C=O) groups excluding carboxylic acids is 2. The summed E-state index contributed by atoms with van der Waals surface area (Å²) < 4.78 is 49.8. The molecule has 0 rings (SSSR count). The second-order valence-electron chi connectivity index (χ2n) is 16.6. The molecule has 0 aromatic heterocycles. The molecule has 14 heteroatoms. The number of carbonyl (C=O) groups is 2. The normalized spacial score (nSPS) is 12.9. The molecular formula is C47H96N2O10P2. The third-order valence-corrected chi connectivity index (χ3v) is 14.2. The molecular weight excluding hydrogens is 814 g/mol. The van der Waals surface area contributed by atoms with Gasteiger partial charge in [-0.15, -0.1) is 0 Å². The number of hydrogen-bond acceptors (Lipinski definition) is 10. The van der Waals surface area contributed by atoms with Gasteiger partial charge in [0.15, 0.2) is 0 Å². The van der Waals surface area contributed by atoms with E-state index in [1.165, 1.54) is 175 Å². The number of rotatable bonds is 49. The minimum Gasteiger partial charge on any atom is -0.377 e. The molecule has 0 fully saturated rings. The van der Waals surface area contributed by atoms with Crippen LogP contribution >= 0.6 is 15.4 Å². The van der Waals surface area contributed by atoms with Crippen LogP contribution in [0, 0.1) is 0 Å². The minimum atomic E-state index is -3.57. The Morgan fingerprint density at radius 1 is 0.459 bits per heavy atom. The number of phosphoric acid groups is 1. The predicted molar refractivity (Wildman–Crippen MR) is 255 cm³/mol. The van der Waals surface area contributed by atoms with Crippen LogP contribution in [0.1, 0.15) is 219 Å². The van der Waals surface area contributed by atoms with Crippen LogP contribution in [-0.2, 0) is 46.0 Å². The Kier molecular flexibility index (Phi) is 43.8. The van der Waals surface area contributed by atoms with Crippen molar-refractivity contribution >= 4 is 33.5 Å². The smallest absolute Gasteiger partial charge is 0.377 e. The van der Waals surface area contributed by atoms with Crippen molar-refractivity contribution in [2.75, 3.05) is 60.8 Å². The fraction of sp³-hybridized carbons (Fsp3) is 0.936. The highest BCUT2D eigenvalue weighted by Gasteiger charge is 2.24. The molecule has 2 amide bonds. The summed E-state index contributed by atoms with van der Waals surface area (Å²) in [4.78, 5) is 25.7. The Labute approximate surface area is 375 Å². The highest BCUT2D eigenvalue weighted by molar-refractivity contribution is 7.59. The van der Waals surface area contributed by atoms with Crippen molar-refractivity contribution in [1.82, 2.24) is 10.6 Å². The molecule has 0 aliphatic carbocycles. The number of amides is 2. The van der Waals surface area contributed by atoms with E-state index in [0.29, 0.717) is 12.8 Å². The average molecular weight is 911 g/mol. The SMILES string of the molecule is C=P(OC)(OCCOCCOP(=O)(OC)OC)OC(CNC(=O)CCCCCCCCCCCCCCCCC)CNC(=O)CCCCCCCCCCCCCCCCC. The van der Waals surface area contributed by atoms with Crippen molar-refractivity contribution in [2.24, 2.45) is 0 Å². The molecule has 1 atom stereocenters. The first-order valence-electron chi connectivity index (χ1n) is 24.8. The molecule has 0 bridgehead atoms. The summed E-state index contributed by atoms with van der Waals surface area (Å²) in [5.74, 6) is -0.0817. The fourth-order valence-corrected chi connectivity index (χ4v) is 9.04. The summed E-state index contributed by atoms with van der Waals surface area (Å²) in [5, 5.41) is 5.99. The zero-order chi connectivity index (χ0) is 45.0. The lowest BCUT2D eigenvalue weighted by atomic mass is 10.0. The molecule has 0 spiro atoms. The molecule has 0 aliphatic rings. The van der Waals surface area contributed by atoms with E-state index in [0.717, 1.165) is 38.5 Å². The van der Waals surface area contributed by atoms with Crippen molar-refractivity contribution in [3.05, 3.63) is 0 Å². The van der Waals surface area contributed by atoms with Crippen LogP contribution in [0.4, 0.5) is 0 Å². The van der Waals surface area contributed by atoms with Gasteiger partial charge in [0.05, 0.1) is 26.4 Å². The molecule has 0 aromatic rings. The zero-order valence-corrected chi connectivity index (χ0v) is 41.9. The monoisotopic (exact) mass is 911 g/mol. The lowest BCUT2D eigenvalue weighted by Gasteiger charge is -2.28. The van der Waals surface area contributed by atoms with Gasteiger partial charge in [-0.2, -0.15) is 0 Å². The molecule has 0 aliphatic heterocycles. The lowest BCUT2D eigenvalue weighted by molar-refractivity contribution is -0.121. The molecule has 0 saturated heterocycles. The molecule has 1 unspecified atom stereocenters. The van der Waals surface area contributed by atoms with Crippen LogP contribution in [0.3, 0.4) is 0 Å². The van der Waals surface area contributed by atoms with Gasteiger partial charge >= 0.3 is 7.82 Å². The summed E-state index contributed by atoms with van der Waals surface area (Å²) in [6, 6.07) is 0. The quantitative estimate of drug-likeness (QED) is 0.0448. The average Bonchev–Trinajstić information content (AvgIpc) is 3.26. The van der Waals surface area contributed by atoms with Gasteiger partial charge in [-0.3, -0.25) is 23.2 Å². The van der Waals surface area contributed by atoms with E-state index in [4.69, 9.17) is 31.9 Å². The van der Waals surface area contributed by atoms with E-state index in [2.05, 4.69) is 30.8 Å². The standard InChI is InChI=1S/C47H96N2O10P2/c1-7-9-11-13-15-17-19-21-23-25-27-29-31-33-35-37-46(50)48-43-45(59-60(6,53-3)57-41-39-56-40-42-58-61(52,54-4)55-5)44-49-47(51)38-36-34-32-30-28-26-24-22-20-18-16-14-12-10-8-2/h45H,6-44H2,1-5H3,(H,48,50)(H,49,51). The number of nitrogens with one attached hydrogen (secondary N) is 2. The van der Waals surface area contributed by atoms with E-state index >= 15 is 0 Å². The summed E-state index contributed by atoms with van der Waals surface area (Å²) in [7, 11) is -2.69. The molecule has 0 heterocycles. The summed E-state index contributed by atoms with van der Waals surface area (Å²) >= 11 is 0. The van der Waals surface area contributed by atoms with E-state index in [9.17, 15) is 14.2 Å². The number of unbranched alkanes of at least 4 members (excludes halogenated alkanes) is 28. The van der Waals surface area contributed by atoms with Crippen molar-refractivity contribution in [1.29, 1.82) is 0 Å². The van der Waals surface area contributed by atoms with Gasteiger partial charge in [0.25, 0.3) is 7.57 Å². The maximum Gasteiger partial charge on any atom is 0.474 e. The molecule has 61 heavy (non-hydrogen) atoms. The molecule has 2 N–H and O–H groups in total. The topological polar surface area (TPSA) is 140 Å². The lowest BCUT2D eigenvalue weighted by Crippen LogP contribution is -2.41. The summed E-state index contributed by atoms with van der Waals surface area (Å²) in [6.45, 7) is 5.34. The van der Waals surface area contributed by atoms with Crippen LogP contribution in [-0.4, -0.2) is 85.1 Å². The molecule has 364 valence electrons. The minimum absolute atomic E-state index is 0.00463. The molecule has 0 saturated carbocycles. The van der Waals surface area contributed by atoms with Crippen molar-refractivity contribution < 1.29 is 46.0 Å². The van der Waals surface area contributed by atoms with Crippen molar-refractivity contribution in [3.8, 4) is 0 Å². The fourth-order valence-electron chi connectivity index (χ4n) is 7.17. The van der Waals surface area contributed by atoms with E-state index < -0.39 is 21.5 Å². The highest BCUT2D eigenvalue weighted by atomic mass is 31.2. The van der Waals surface area contributed by atoms with E-state index in [1.54, 1.807) is 0 Å². The Hall–Kier alpha value is -0.810. The summed E-state index contributed by atoms with van der Waals surface area (Å²) in [5.41, 5.74) is 0. The highest BCUT2D eigenvalue weighted by Crippen LogP contribution is 2.49. The van der Waals surface area contributed by atoms with Crippen LogP contribution < -0.4 is 10.6 Å². The van der Waals surface area contributed by atoms with Gasteiger partial charge in [-0.25, -0.2) is 4.57 Å². The van der Waals surface area contributed by atoms with Gasteiger partial charge < -0.3 is 28.9 Å². The Morgan fingerprint density at radius 3 is 1.08 bits per heavy atom. The van der Waals surface area contributed by atoms with E-state index in [1.807, 2.05) is 0 Å². The van der Waals surface area contributed by atoms with Crippen LogP contribution in [0.15, 0.2) is 0 Å². The zero-order valence-electron chi connectivity index (χ0n) is 40.1. The maximum atomic E-state index is 12.8. The predicted octanol–water partition coefficient (Wildman–Crippen LogP) is 13.4. The van der Waals surface area contributed by atoms with Crippen LogP contribution in [0.2, 0.25) is 0 Å². The Balaban J connectivity index is 4.57. The number of hydrogen-bond donors (Lipinski definition) is 2. The first-order chi connectivity index (χ1) is 29.7.